The van der Waals surface area contributed by atoms with Crippen molar-refractivity contribution in [3.05, 3.63) is 11.7 Å². The second-order valence-electron chi connectivity index (χ2n) is 4.45. The summed E-state index contributed by atoms with van der Waals surface area (Å²) in [6, 6.07) is 0. The highest BCUT2D eigenvalue weighted by Crippen LogP contribution is 2.28. The highest BCUT2D eigenvalue weighted by Gasteiger charge is 2.33. The van der Waals surface area contributed by atoms with E-state index in [2.05, 4.69) is 15.5 Å². The monoisotopic (exact) mass is 243 g/mol. The standard InChI is InChI=1S/C9H13N3O3S/c13-16(14)2-1-6(5-16)8-11-9(15-12-8)7-3-10-4-7/h6-7,10H,1-5H2. The summed E-state index contributed by atoms with van der Waals surface area (Å²) in [5, 5.41) is 7.02. The fraction of sp³-hybridized carbons (Fsp3) is 0.778. The lowest BCUT2D eigenvalue weighted by molar-refractivity contribution is 0.305. The Morgan fingerprint density at radius 2 is 2.12 bits per heavy atom. The lowest BCUT2D eigenvalue weighted by Crippen LogP contribution is -2.40. The molecule has 88 valence electrons. The van der Waals surface area contributed by atoms with Crippen LogP contribution in [0.15, 0.2) is 4.52 Å². The Bertz CT molecular complexity index is 492. The third-order valence-corrected chi connectivity index (χ3v) is 4.95. The molecule has 6 nitrogen and oxygen atoms in total. The predicted molar refractivity (Wildman–Crippen MR) is 55.9 cm³/mol. The molecule has 3 heterocycles. The number of hydrogen-bond acceptors (Lipinski definition) is 6. The Morgan fingerprint density at radius 1 is 1.31 bits per heavy atom. The SMILES string of the molecule is O=S1(=O)CCC(c2noc(C3CNC3)n2)C1. The van der Waals surface area contributed by atoms with Gasteiger partial charge in [-0.25, -0.2) is 8.42 Å². The van der Waals surface area contributed by atoms with Gasteiger partial charge in [-0.05, 0) is 6.42 Å². The molecule has 1 unspecified atom stereocenters. The molecular formula is C9H13N3O3S. The van der Waals surface area contributed by atoms with Crippen molar-refractivity contribution < 1.29 is 12.9 Å². The summed E-state index contributed by atoms with van der Waals surface area (Å²) in [5.74, 6) is 1.83. The highest BCUT2D eigenvalue weighted by atomic mass is 32.2. The zero-order valence-electron chi connectivity index (χ0n) is 8.72. The van der Waals surface area contributed by atoms with Crippen LogP contribution in [0.25, 0.3) is 0 Å². The molecule has 3 rings (SSSR count). The van der Waals surface area contributed by atoms with Gasteiger partial charge in [0.05, 0.1) is 17.4 Å². The van der Waals surface area contributed by atoms with Crippen LogP contribution in [0.3, 0.4) is 0 Å². The number of nitrogens with zero attached hydrogens (tertiary/aromatic N) is 2. The van der Waals surface area contributed by atoms with Crippen molar-refractivity contribution in [2.24, 2.45) is 0 Å². The molecule has 0 saturated carbocycles. The summed E-state index contributed by atoms with van der Waals surface area (Å²) < 4.78 is 27.8. The van der Waals surface area contributed by atoms with Crippen molar-refractivity contribution in [3.8, 4) is 0 Å². The molecule has 7 heteroatoms. The summed E-state index contributed by atoms with van der Waals surface area (Å²) in [4.78, 5) is 4.30. The summed E-state index contributed by atoms with van der Waals surface area (Å²) in [5.41, 5.74) is 0. The minimum atomic E-state index is -2.88. The first-order chi connectivity index (χ1) is 7.64. The number of nitrogens with one attached hydrogen (secondary N) is 1. The molecule has 16 heavy (non-hydrogen) atoms. The number of rotatable bonds is 2. The van der Waals surface area contributed by atoms with E-state index in [9.17, 15) is 8.42 Å². The van der Waals surface area contributed by atoms with Crippen molar-refractivity contribution >= 4 is 9.84 Å². The highest BCUT2D eigenvalue weighted by molar-refractivity contribution is 7.91. The van der Waals surface area contributed by atoms with Gasteiger partial charge >= 0.3 is 0 Å². The fourth-order valence-corrected chi connectivity index (χ4v) is 3.78. The third-order valence-electron chi connectivity index (χ3n) is 3.19. The first-order valence-electron chi connectivity index (χ1n) is 5.39. The average molecular weight is 243 g/mol. The molecule has 1 atom stereocenters. The second kappa shape index (κ2) is 3.53. The first kappa shape index (κ1) is 10.2. The van der Waals surface area contributed by atoms with Crippen LogP contribution in [0.4, 0.5) is 0 Å². The first-order valence-corrected chi connectivity index (χ1v) is 7.21. The second-order valence-corrected chi connectivity index (χ2v) is 6.67. The smallest absolute Gasteiger partial charge is 0.232 e. The Balaban J connectivity index is 1.77. The molecule has 2 aliphatic rings. The molecule has 2 fully saturated rings. The van der Waals surface area contributed by atoms with Gasteiger partial charge in [0.1, 0.15) is 0 Å². The largest absolute Gasteiger partial charge is 0.339 e. The number of hydrogen-bond donors (Lipinski definition) is 1. The molecule has 0 aliphatic carbocycles. The maximum atomic E-state index is 11.3. The van der Waals surface area contributed by atoms with Crippen LogP contribution in [0.5, 0.6) is 0 Å². The quantitative estimate of drug-likeness (QED) is 0.764. The van der Waals surface area contributed by atoms with Crippen molar-refractivity contribution in [2.75, 3.05) is 24.6 Å². The molecule has 1 N–H and O–H groups in total. The van der Waals surface area contributed by atoms with Gasteiger partial charge in [0.2, 0.25) is 5.89 Å². The zero-order chi connectivity index (χ0) is 11.2. The van der Waals surface area contributed by atoms with E-state index in [1.165, 1.54) is 0 Å². The lowest BCUT2D eigenvalue weighted by atomic mass is 10.0. The zero-order valence-corrected chi connectivity index (χ0v) is 9.53. The minimum Gasteiger partial charge on any atom is -0.339 e. The fourth-order valence-electron chi connectivity index (χ4n) is 2.04. The Hall–Kier alpha value is -0.950. The van der Waals surface area contributed by atoms with Gasteiger partial charge in [-0.3, -0.25) is 0 Å². The van der Waals surface area contributed by atoms with Gasteiger partial charge in [0.15, 0.2) is 15.7 Å². The van der Waals surface area contributed by atoms with E-state index in [4.69, 9.17) is 4.52 Å². The van der Waals surface area contributed by atoms with Gasteiger partial charge in [-0.1, -0.05) is 5.16 Å². The van der Waals surface area contributed by atoms with Crippen LogP contribution in [-0.2, 0) is 9.84 Å². The topological polar surface area (TPSA) is 85.1 Å². The average Bonchev–Trinajstić information content (AvgIpc) is 2.69. The van der Waals surface area contributed by atoms with E-state index < -0.39 is 9.84 Å². The van der Waals surface area contributed by atoms with Crippen LogP contribution in [-0.4, -0.2) is 43.2 Å². The molecule has 2 saturated heterocycles. The van der Waals surface area contributed by atoms with Crippen molar-refractivity contribution in [1.82, 2.24) is 15.5 Å². The van der Waals surface area contributed by atoms with Crippen LogP contribution >= 0.6 is 0 Å². The molecule has 0 aromatic carbocycles. The molecule has 1 aromatic rings. The number of sulfone groups is 1. The van der Waals surface area contributed by atoms with Crippen molar-refractivity contribution in [3.63, 3.8) is 0 Å². The van der Waals surface area contributed by atoms with Crippen molar-refractivity contribution in [1.29, 1.82) is 0 Å². The van der Waals surface area contributed by atoms with Crippen LogP contribution in [0.1, 0.15) is 30.0 Å². The Kier molecular flexibility index (Phi) is 2.25. The third kappa shape index (κ3) is 1.73. The maximum absolute atomic E-state index is 11.3. The summed E-state index contributed by atoms with van der Waals surface area (Å²) in [7, 11) is -2.88. The van der Waals surface area contributed by atoms with Crippen LogP contribution < -0.4 is 5.32 Å². The lowest BCUT2D eigenvalue weighted by Gasteiger charge is -2.22. The predicted octanol–water partition coefficient (Wildman–Crippen LogP) is -0.341. The molecular weight excluding hydrogens is 230 g/mol. The van der Waals surface area contributed by atoms with Gasteiger partial charge in [0, 0.05) is 19.0 Å². The number of aromatic nitrogens is 2. The molecule has 0 spiro atoms. The van der Waals surface area contributed by atoms with Gasteiger partial charge in [0.25, 0.3) is 0 Å². The molecule has 0 radical (unpaired) electrons. The van der Waals surface area contributed by atoms with Crippen LogP contribution in [0.2, 0.25) is 0 Å². The summed E-state index contributed by atoms with van der Waals surface area (Å²) in [6.45, 7) is 1.73. The van der Waals surface area contributed by atoms with Crippen LogP contribution in [0, 0.1) is 0 Å². The van der Waals surface area contributed by atoms with E-state index in [1.807, 2.05) is 0 Å². The van der Waals surface area contributed by atoms with Gasteiger partial charge < -0.3 is 9.84 Å². The molecule has 0 bridgehead atoms. The normalized spacial score (nSPS) is 29.1. The Morgan fingerprint density at radius 3 is 2.69 bits per heavy atom. The Labute approximate surface area is 93.3 Å². The molecule has 0 amide bonds. The molecule has 1 aromatic heterocycles. The molecule has 2 aliphatic heterocycles. The van der Waals surface area contributed by atoms with Gasteiger partial charge in [-0.2, -0.15) is 4.98 Å². The van der Waals surface area contributed by atoms with Gasteiger partial charge in [-0.15, -0.1) is 0 Å². The van der Waals surface area contributed by atoms with E-state index >= 15 is 0 Å². The summed E-state index contributed by atoms with van der Waals surface area (Å²) >= 11 is 0. The van der Waals surface area contributed by atoms with E-state index in [1.54, 1.807) is 0 Å². The minimum absolute atomic E-state index is 0.0736. The van der Waals surface area contributed by atoms with E-state index in [0.29, 0.717) is 24.1 Å². The summed E-state index contributed by atoms with van der Waals surface area (Å²) in [6.07, 6.45) is 0.615. The van der Waals surface area contributed by atoms with E-state index in [0.717, 1.165) is 13.1 Å². The maximum Gasteiger partial charge on any atom is 0.232 e. The van der Waals surface area contributed by atoms with Crippen molar-refractivity contribution in [2.45, 2.75) is 18.3 Å². The van der Waals surface area contributed by atoms with E-state index in [-0.39, 0.29) is 17.4 Å².